The molecule has 0 bridgehead atoms. The Kier molecular flexibility index (Phi) is 5.20. The van der Waals surface area contributed by atoms with E-state index in [1.807, 2.05) is 4.52 Å². The SMILES string of the molecule is CCN(CC)CCn1cc(-c2nc3c4c5c(sc4ncn3n2)COC(C)(C)C5)c2ccccc21. The summed E-state index contributed by atoms with van der Waals surface area (Å²) in [6, 6.07) is 8.55. The highest BCUT2D eigenvalue weighted by Crippen LogP contribution is 2.40. The normalized spacial score (nSPS) is 15.7. The molecule has 0 amide bonds. The van der Waals surface area contributed by atoms with Crippen molar-refractivity contribution in [1.29, 1.82) is 0 Å². The summed E-state index contributed by atoms with van der Waals surface area (Å²) >= 11 is 1.71. The summed E-state index contributed by atoms with van der Waals surface area (Å²) in [5.41, 5.74) is 4.30. The molecule has 0 unspecified atom stereocenters. The highest BCUT2D eigenvalue weighted by Gasteiger charge is 2.31. The number of rotatable bonds is 6. The number of para-hydroxylation sites is 1. The molecule has 34 heavy (non-hydrogen) atoms. The number of aromatic nitrogens is 5. The number of likely N-dealkylation sites (N-methyl/N-ethyl adjacent to an activating group) is 1. The maximum Gasteiger partial charge on any atom is 0.184 e. The molecule has 5 aromatic rings. The summed E-state index contributed by atoms with van der Waals surface area (Å²) in [4.78, 5) is 14.5. The van der Waals surface area contributed by atoms with Gasteiger partial charge in [0.2, 0.25) is 0 Å². The lowest BCUT2D eigenvalue weighted by Gasteiger charge is -2.30. The Labute approximate surface area is 203 Å². The van der Waals surface area contributed by atoms with E-state index in [9.17, 15) is 0 Å². The average Bonchev–Trinajstić information content (AvgIpc) is 3.52. The second-order valence-electron chi connectivity index (χ2n) is 9.64. The van der Waals surface area contributed by atoms with Crippen molar-refractivity contribution in [1.82, 2.24) is 29.0 Å². The molecule has 0 atom stereocenters. The number of nitrogens with zero attached hydrogens (tertiary/aromatic N) is 6. The minimum Gasteiger partial charge on any atom is -0.370 e. The third-order valence-electron chi connectivity index (χ3n) is 6.99. The fourth-order valence-electron chi connectivity index (χ4n) is 5.05. The summed E-state index contributed by atoms with van der Waals surface area (Å²) in [5, 5.41) is 7.19. The van der Waals surface area contributed by atoms with Gasteiger partial charge in [0.05, 0.1) is 17.6 Å². The van der Waals surface area contributed by atoms with Crippen molar-refractivity contribution in [2.45, 2.75) is 52.9 Å². The first-order valence-electron chi connectivity index (χ1n) is 12.1. The van der Waals surface area contributed by atoms with Gasteiger partial charge in [-0.1, -0.05) is 32.0 Å². The molecular weight excluding hydrogens is 444 g/mol. The first-order chi connectivity index (χ1) is 16.5. The van der Waals surface area contributed by atoms with Crippen LogP contribution in [-0.4, -0.2) is 54.3 Å². The molecule has 1 aromatic carbocycles. The molecule has 1 aliphatic heterocycles. The molecule has 6 rings (SSSR count). The lowest BCUT2D eigenvalue weighted by atomic mass is 9.94. The van der Waals surface area contributed by atoms with E-state index in [-0.39, 0.29) is 5.60 Å². The third kappa shape index (κ3) is 3.52. The maximum atomic E-state index is 6.05. The van der Waals surface area contributed by atoms with Crippen molar-refractivity contribution in [3.63, 3.8) is 0 Å². The molecule has 0 saturated carbocycles. The van der Waals surface area contributed by atoms with Gasteiger partial charge in [-0.05, 0) is 38.6 Å². The molecule has 0 radical (unpaired) electrons. The number of benzene rings is 1. The maximum absolute atomic E-state index is 6.05. The summed E-state index contributed by atoms with van der Waals surface area (Å²) < 4.78 is 10.2. The van der Waals surface area contributed by atoms with Crippen LogP contribution >= 0.6 is 11.3 Å². The monoisotopic (exact) mass is 474 g/mol. The van der Waals surface area contributed by atoms with E-state index >= 15 is 0 Å². The van der Waals surface area contributed by atoms with Crippen molar-refractivity contribution in [2.75, 3.05) is 19.6 Å². The molecule has 0 saturated heterocycles. The molecule has 7 nitrogen and oxygen atoms in total. The zero-order valence-corrected chi connectivity index (χ0v) is 21.0. The van der Waals surface area contributed by atoms with Crippen LogP contribution in [0.1, 0.15) is 38.1 Å². The van der Waals surface area contributed by atoms with Crippen molar-refractivity contribution >= 4 is 38.1 Å². The van der Waals surface area contributed by atoms with Gasteiger partial charge < -0.3 is 14.2 Å². The minimum absolute atomic E-state index is 0.186. The molecule has 0 aliphatic carbocycles. The fraction of sp³-hybridized carbons (Fsp3) is 0.423. The second kappa shape index (κ2) is 8.15. The Morgan fingerprint density at radius 2 is 2.00 bits per heavy atom. The minimum atomic E-state index is -0.186. The van der Waals surface area contributed by atoms with Crippen LogP contribution in [0.2, 0.25) is 0 Å². The molecule has 5 heterocycles. The fourth-order valence-corrected chi connectivity index (χ4v) is 6.12. The van der Waals surface area contributed by atoms with E-state index in [0.29, 0.717) is 6.61 Å². The van der Waals surface area contributed by atoms with Gasteiger partial charge in [0.1, 0.15) is 11.2 Å². The van der Waals surface area contributed by atoms with Crippen LogP contribution in [0.25, 0.3) is 38.2 Å². The van der Waals surface area contributed by atoms with Gasteiger partial charge in [-0.25, -0.2) is 14.5 Å². The van der Waals surface area contributed by atoms with E-state index in [0.717, 1.165) is 59.9 Å². The van der Waals surface area contributed by atoms with Gasteiger partial charge >= 0.3 is 0 Å². The zero-order valence-electron chi connectivity index (χ0n) is 20.2. The van der Waals surface area contributed by atoms with E-state index in [1.165, 1.54) is 21.3 Å². The predicted molar refractivity (Wildman–Crippen MR) is 137 cm³/mol. The molecule has 0 spiro atoms. The molecule has 0 N–H and O–H groups in total. The Bertz CT molecular complexity index is 1510. The zero-order chi connectivity index (χ0) is 23.4. The van der Waals surface area contributed by atoms with Crippen molar-refractivity contribution in [3.8, 4) is 11.4 Å². The summed E-state index contributed by atoms with van der Waals surface area (Å²) in [6.07, 6.45) is 4.87. The molecule has 4 aromatic heterocycles. The molecule has 176 valence electrons. The first-order valence-corrected chi connectivity index (χ1v) is 12.9. The lowest BCUT2D eigenvalue weighted by Crippen LogP contribution is -2.31. The number of thiophene rings is 1. The van der Waals surface area contributed by atoms with E-state index < -0.39 is 0 Å². The van der Waals surface area contributed by atoms with E-state index in [1.54, 1.807) is 17.7 Å². The Balaban J connectivity index is 1.48. The predicted octanol–water partition coefficient (Wildman–Crippen LogP) is 5.15. The van der Waals surface area contributed by atoms with Crippen LogP contribution in [-0.2, 0) is 24.3 Å². The molecular formula is C26H30N6OS. The molecule has 1 aliphatic rings. The summed E-state index contributed by atoms with van der Waals surface area (Å²) in [6.45, 7) is 13.4. The van der Waals surface area contributed by atoms with Gasteiger partial charge in [-0.3, -0.25) is 0 Å². The van der Waals surface area contributed by atoms with Gasteiger partial charge in [0.15, 0.2) is 11.5 Å². The lowest BCUT2D eigenvalue weighted by molar-refractivity contribution is -0.0379. The standard InChI is InChI=1S/C26H30N6OS/c1-5-30(6-2)11-12-31-14-19(17-9-7-8-10-20(17)31)23-28-24-22-18-13-26(3,4)33-15-21(18)34-25(22)27-16-32(24)29-23/h7-10,14,16H,5-6,11-13,15H2,1-4H3. The van der Waals surface area contributed by atoms with Crippen LogP contribution in [0, 0.1) is 0 Å². The largest absolute Gasteiger partial charge is 0.370 e. The van der Waals surface area contributed by atoms with Crippen LogP contribution in [0.3, 0.4) is 0 Å². The van der Waals surface area contributed by atoms with Crippen LogP contribution < -0.4 is 0 Å². The van der Waals surface area contributed by atoms with Crippen LogP contribution in [0.15, 0.2) is 36.8 Å². The highest BCUT2D eigenvalue weighted by atomic mass is 32.1. The average molecular weight is 475 g/mol. The smallest absolute Gasteiger partial charge is 0.184 e. The number of hydrogen-bond acceptors (Lipinski definition) is 6. The molecule has 0 fully saturated rings. The van der Waals surface area contributed by atoms with E-state index in [4.69, 9.17) is 19.8 Å². The van der Waals surface area contributed by atoms with Crippen molar-refractivity contribution in [3.05, 3.63) is 47.2 Å². The topological polar surface area (TPSA) is 60.5 Å². The first kappa shape index (κ1) is 21.7. The third-order valence-corrected chi connectivity index (χ3v) is 8.10. The number of ether oxygens (including phenoxy) is 1. The number of fused-ring (bicyclic) bond motifs is 6. The quantitative estimate of drug-likeness (QED) is 0.340. The Morgan fingerprint density at radius 1 is 1.18 bits per heavy atom. The van der Waals surface area contributed by atoms with Gasteiger partial charge in [-0.15, -0.1) is 16.4 Å². The second-order valence-corrected chi connectivity index (χ2v) is 10.7. The Morgan fingerprint density at radius 3 is 2.82 bits per heavy atom. The van der Waals surface area contributed by atoms with Gasteiger partial charge in [-0.2, -0.15) is 0 Å². The van der Waals surface area contributed by atoms with Crippen LogP contribution in [0.4, 0.5) is 0 Å². The van der Waals surface area contributed by atoms with Gasteiger partial charge in [0.25, 0.3) is 0 Å². The van der Waals surface area contributed by atoms with Gasteiger partial charge in [0, 0.05) is 47.1 Å². The molecule has 8 heteroatoms. The highest BCUT2D eigenvalue weighted by molar-refractivity contribution is 7.19. The van der Waals surface area contributed by atoms with Crippen LogP contribution in [0.5, 0.6) is 0 Å². The number of hydrogen-bond donors (Lipinski definition) is 0. The summed E-state index contributed by atoms with van der Waals surface area (Å²) in [7, 11) is 0. The Hall–Kier alpha value is -2.81. The van der Waals surface area contributed by atoms with Crippen molar-refractivity contribution in [2.24, 2.45) is 0 Å². The van der Waals surface area contributed by atoms with Crippen molar-refractivity contribution < 1.29 is 4.74 Å². The van der Waals surface area contributed by atoms with E-state index in [2.05, 4.69) is 67.6 Å². The summed E-state index contributed by atoms with van der Waals surface area (Å²) in [5.74, 6) is 0.748.